The molecule has 0 radical (unpaired) electrons. The minimum Gasteiger partial charge on any atom is -0.491 e. The van der Waals surface area contributed by atoms with Gasteiger partial charge in [0.25, 0.3) is 0 Å². The van der Waals surface area contributed by atoms with Gasteiger partial charge in [-0.05, 0) is 68.8 Å². The lowest BCUT2D eigenvalue weighted by Gasteiger charge is -2.42. The molecule has 82 heavy (non-hydrogen) atoms. The highest BCUT2D eigenvalue weighted by atomic mass is 32.1. The number of anilines is 2. The second-order valence-corrected chi connectivity index (χ2v) is 22.9. The maximum Gasteiger partial charge on any atom is 0.318 e. The van der Waals surface area contributed by atoms with Crippen LogP contribution in [0.2, 0.25) is 0 Å². The van der Waals surface area contributed by atoms with Crippen molar-refractivity contribution in [2.24, 2.45) is 5.92 Å². The largest absolute Gasteiger partial charge is 0.491 e. The van der Waals surface area contributed by atoms with Crippen LogP contribution in [0.25, 0.3) is 21.2 Å². The average Bonchev–Trinajstić information content (AvgIpc) is 4.45. The number of likely N-dealkylation sites (tertiary alicyclic amines) is 2. The van der Waals surface area contributed by atoms with Crippen molar-refractivity contribution in [3.05, 3.63) is 119 Å². The molecular weight excluding hydrogens is 1060 g/mol. The third kappa shape index (κ3) is 13.1. The molecule has 0 saturated carbocycles. The number of ether oxygens (including phenoxy) is 4. The van der Waals surface area contributed by atoms with E-state index in [4.69, 9.17) is 33.4 Å². The molecule has 20 nitrogen and oxygen atoms in total. The summed E-state index contributed by atoms with van der Waals surface area (Å²) in [5.74, 6) is 0.185. The topological polar surface area (TPSA) is 225 Å². The van der Waals surface area contributed by atoms with E-state index in [1.165, 1.54) is 33.1 Å². The number of thiazole rings is 1. The van der Waals surface area contributed by atoms with Crippen LogP contribution >= 0.6 is 11.3 Å². The third-order valence-electron chi connectivity index (χ3n) is 16.1. The van der Waals surface area contributed by atoms with Crippen molar-refractivity contribution in [1.29, 1.82) is 5.26 Å². The van der Waals surface area contributed by atoms with Crippen molar-refractivity contribution < 1.29 is 43.0 Å². The van der Waals surface area contributed by atoms with Crippen LogP contribution in [0.5, 0.6) is 11.8 Å². The van der Waals surface area contributed by atoms with E-state index in [0.717, 1.165) is 63.8 Å². The quantitative estimate of drug-likeness (QED) is 0.0538. The zero-order chi connectivity index (χ0) is 57.4. The number of carbonyl (C=O) groups excluding carboxylic acids is 3. The summed E-state index contributed by atoms with van der Waals surface area (Å²) in [5, 5.41) is 29.8. The predicted octanol–water partition coefficient (Wildman–Crippen LogP) is 6.62. The highest BCUT2D eigenvalue weighted by Crippen LogP contribution is 2.37. The molecule has 6 atom stereocenters. The summed E-state index contributed by atoms with van der Waals surface area (Å²) >= 11 is 1.54. The number of nitrogens with zero attached hydrogens (tertiary/aromatic N) is 10. The first kappa shape index (κ1) is 57.7. The van der Waals surface area contributed by atoms with Gasteiger partial charge in [0, 0.05) is 86.5 Å². The summed E-state index contributed by atoms with van der Waals surface area (Å²) in [6.45, 7) is 16.6. The molecule has 432 valence electrons. The molecule has 0 bridgehead atoms. The van der Waals surface area contributed by atoms with Crippen molar-refractivity contribution in [2.75, 3.05) is 89.2 Å². The van der Waals surface area contributed by atoms with Crippen LogP contribution < -0.4 is 24.6 Å². The van der Waals surface area contributed by atoms with E-state index in [2.05, 4.69) is 92.3 Å². The van der Waals surface area contributed by atoms with Crippen LogP contribution in [0, 0.1) is 31.1 Å². The van der Waals surface area contributed by atoms with Gasteiger partial charge in [0.2, 0.25) is 17.7 Å². The highest BCUT2D eigenvalue weighted by Gasteiger charge is 2.43. The zero-order valence-electron chi connectivity index (χ0n) is 47.4. The molecule has 7 heterocycles. The Morgan fingerprint density at radius 1 is 0.939 bits per heavy atom. The lowest BCUT2D eigenvalue weighted by molar-refractivity contribution is -0.141. The maximum atomic E-state index is 14.0. The Morgan fingerprint density at radius 3 is 2.55 bits per heavy atom. The molecule has 3 amide bonds. The van der Waals surface area contributed by atoms with E-state index >= 15 is 0 Å². The molecule has 3 fully saturated rings. The number of benzene rings is 3. The van der Waals surface area contributed by atoms with Crippen molar-refractivity contribution >= 4 is 51.3 Å². The summed E-state index contributed by atoms with van der Waals surface area (Å²) in [6.07, 6.45) is 2.21. The van der Waals surface area contributed by atoms with Gasteiger partial charge in [0.15, 0.2) is 0 Å². The number of aliphatic hydroxyl groups excluding tert-OH is 1. The molecule has 10 rings (SSSR count). The standard InChI is InChI=1S/C61H73N11O9S/c1-7-55(74)71-22-21-70(32-44(71)17-19-62)58-49-18-20-69(51-14-10-12-41-11-8-9-13-48(41)51)35-50(49)65-61(66-58)80-36-45-29-47(34-68(45)6)78-25-23-77-24-26-79-53-28-42(57-40(5)64-37-82-57)15-16-43(53)31-63-59(75)52-30-46(73)33-72(52)60(76)56(38(2)3)54-27-39(4)67-81-54/h7-16,27-28,37-38,44-47,52,56,73H,1,17-18,20-26,29-36H2,2-6H3,(H,63,75)/t44-,45-,46?,47+,52?,56+/m0/s1. The summed E-state index contributed by atoms with van der Waals surface area (Å²) in [4.78, 5) is 66.3. The Bertz CT molecular complexity index is 3280. The van der Waals surface area contributed by atoms with Gasteiger partial charge in [-0.25, -0.2) is 4.98 Å². The van der Waals surface area contributed by atoms with Crippen LogP contribution in [-0.2, 0) is 43.4 Å². The van der Waals surface area contributed by atoms with Gasteiger partial charge in [-0.3, -0.25) is 19.3 Å². The normalized spacial score (nSPS) is 20.5. The third-order valence-corrected chi connectivity index (χ3v) is 17.1. The number of β-amino-alcohol motifs (C(OH)–C–C–N with tert-alkyl or cyclic N) is 1. The molecule has 4 aliphatic heterocycles. The molecule has 0 spiro atoms. The van der Waals surface area contributed by atoms with E-state index in [9.17, 15) is 24.8 Å². The SMILES string of the molecule is C=CC(=O)N1CCN(c2nc(OC[C@@H]3C[C@@H](OCCOCCOc4cc(-c5scnc5C)ccc4CNC(=O)C4CC(O)CN4C(=O)[C@@H](c4cc(C)no4)C(C)C)CN3C)nc3c2CCN(c2cccc4ccccc24)C3)C[C@@H]1CC#N. The van der Waals surface area contributed by atoms with Gasteiger partial charge in [-0.15, -0.1) is 11.3 Å². The van der Waals surface area contributed by atoms with Crippen LogP contribution in [0.3, 0.4) is 0 Å². The van der Waals surface area contributed by atoms with E-state index in [-0.39, 0.29) is 74.4 Å². The molecular formula is C61H73N11O9S. The van der Waals surface area contributed by atoms with Crippen LogP contribution in [0.1, 0.15) is 73.0 Å². The van der Waals surface area contributed by atoms with Crippen molar-refractivity contribution in [1.82, 2.24) is 40.1 Å². The number of carbonyl (C=O) groups is 3. The number of aliphatic hydroxyl groups is 1. The molecule has 3 aromatic carbocycles. The fraction of sp³-hybridized carbons (Fsp3) is 0.475. The van der Waals surface area contributed by atoms with Gasteiger partial charge in [0.05, 0.1) is 84.6 Å². The highest BCUT2D eigenvalue weighted by molar-refractivity contribution is 7.13. The van der Waals surface area contributed by atoms with Crippen molar-refractivity contribution in [2.45, 2.75) is 103 Å². The number of piperazine rings is 1. The molecule has 21 heteroatoms. The molecule has 3 aromatic heterocycles. The van der Waals surface area contributed by atoms with Crippen LogP contribution in [-0.4, -0.2) is 167 Å². The summed E-state index contributed by atoms with van der Waals surface area (Å²) in [5.41, 5.74) is 8.15. The van der Waals surface area contributed by atoms with E-state index in [1.807, 2.05) is 39.0 Å². The van der Waals surface area contributed by atoms with Gasteiger partial charge in [-0.1, -0.05) is 74.1 Å². The number of aryl methyl sites for hydroxylation is 2. The lowest BCUT2D eigenvalue weighted by Crippen LogP contribution is -2.55. The Morgan fingerprint density at radius 2 is 1.77 bits per heavy atom. The Balaban J connectivity index is 0.731. The van der Waals surface area contributed by atoms with Crippen molar-refractivity contribution in [3.8, 4) is 28.3 Å². The predicted molar refractivity (Wildman–Crippen MR) is 311 cm³/mol. The average molecular weight is 1140 g/mol. The Hall–Kier alpha value is -7.48. The first-order valence-electron chi connectivity index (χ1n) is 28.3. The number of amides is 3. The van der Waals surface area contributed by atoms with E-state index in [1.54, 1.807) is 23.4 Å². The fourth-order valence-corrected chi connectivity index (χ4v) is 12.6. The van der Waals surface area contributed by atoms with E-state index in [0.29, 0.717) is 82.4 Å². The first-order chi connectivity index (χ1) is 39.8. The maximum absolute atomic E-state index is 14.0. The minimum atomic E-state index is -0.865. The van der Waals surface area contributed by atoms with Gasteiger partial charge in [-0.2, -0.15) is 15.2 Å². The van der Waals surface area contributed by atoms with Crippen LogP contribution in [0.4, 0.5) is 11.5 Å². The van der Waals surface area contributed by atoms with Gasteiger partial charge >= 0.3 is 6.01 Å². The number of likely N-dealkylation sites (N-methyl/N-ethyl adjacent to an activating group) is 1. The summed E-state index contributed by atoms with van der Waals surface area (Å²) < 4.78 is 30.8. The molecule has 0 aliphatic carbocycles. The molecule has 6 aromatic rings. The van der Waals surface area contributed by atoms with Gasteiger partial charge in [0.1, 0.15) is 42.5 Å². The minimum absolute atomic E-state index is 0.0398. The zero-order valence-corrected chi connectivity index (χ0v) is 48.2. The molecule has 4 aliphatic rings. The number of nitriles is 1. The molecule has 3 saturated heterocycles. The molecule has 2 unspecified atom stereocenters. The Kier molecular flexibility index (Phi) is 18.4. The number of nitrogens with one attached hydrogen (secondary N) is 1. The lowest BCUT2D eigenvalue weighted by atomic mass is 9.91. The monoisotopic (exact) mass is 1140 g/mol. The second-order valence-electron chi connectivity index (χ2n) is 22.0. The van der Waals surface area contributed by atoms with Crippen molar-refractivity contribution in [3.63, 3.8) is 0 Å². The fourth-order valence-electron chi connectivity index (χ4n) is 11.8. The van der Waals surface area contributed by atoms with E-state index < -0.39 is 18.1 Å². The summed E-state index contributed by atoms with van der Waals surface area (Å²) in [6, 6.07) is 23.8. The smallest absolute Gasteiger partial charge is 0.318 e. The first-order valence-corrected chi connectivity index (χ1v) is 29.2. The van der Waals surface area contributed by atoms with Gasteiger partial charge < -0.3 is 53.5 Å². The number of rotatable bonds is 22. The number of hydrogen-bond donors (Lipinski definition) is 2. The van der Waals surface area contributed by atoms with Crippen LogP contribution in [0.15, 0.2) is 89.4 Å². The Labute approximate surface area is 482 Å². The number of fused-ring (bicyclic) bond motifs is 2. The number of aromatic nitrogens is 4. The second kappa shape index (κ2) is 26.2. The number of hydrogen-bond acceptors (Lipinski definition) is 18. The summed E-state index contributed by atoms with van der Waals surface area (Å²) in [7, 11) is 2.07. The molecule has 2 N–H and O–H groups in total.